The maximum Gasteiger partial charge on any atom is 0.284 e. The van der Waals surface area contributed by atoms with Gasteiger partial charge in [-0.3, -0.25) is 4.79 Å². The van der Waals surface area contributed by atoms with Crippen LogP contribution >= 0.6 is 23.0 Å². The number of hydrogen-bond donors (Lipinski definition) is 0. The SMILES string of the molecule is CC(C)c1cccc(=O)n1OI. The van der Waals surface area contributed by atoms with Gasteiger partial charge in [0.25, 0.3) is 5.56 Å². The zero-order chi connectivity index (χ0) is 9.14. The predicted octanol–water partition coefficient (Wildman–Crippen LogP) is 1.75. The van der Waals surface area contributed by atoms with Crippen molar-refractivity contribution in [2.75, 3.05) is 0 Å². The summed E-state index contributed by atoms with van der Waals surface area (Å²) in [5.74, 6) is 0.286. The average molecular weight is 279 g/mol. The second kappa shape index (κ2) is 3.93. The Kier molecular flexibility index (Phi) is 3.13. The fourth-order valence-electron chi connectivity index (χ4n) is 0.992. The van der Waals surface area contributed by atoms with Crippen molar-refractivity contribution in [1.29, 1.82) is 0 Å². The molecule has 0 fully saturated rings. The van der Waals surface area contributed by atoms with Crippen LogP contribution < -0.4 is 8.73 Å². The summed E-state index contributed by atoms with van der Waals surface area (Å²) in [7, 11) is 0. The molecule has 0 aliphatic carbocycles. The largest absolute Gasteiger partial charge is 0.342 e. The fraction of sp³-hybridized carbons (Fsp3) is 0.375. The minimum atomic E-state index is -0.129. The van der Waals surface area contributed by atoms with Crippen molar-refractivity contribution in [3.8, 4) is 0 Å². The van der Waals surface area contributed by atoms with Gasteiger partial charge in [0, 0.05) is 6.07 Å². The van der Waals surface area contributed by atoms with E-state index in [1.807, 2.05) is 19.9 Å². The van der Waals surface area contributed by atoms with Crippen LogP contribution in [0.2, 0.25) is 0 Å². The highest BCUT2D eigenvalue weighted by molar-refractivity contribution is 14.1. The van der Waals surface area contributed by atoms with Gasteiger partial charge in [-0.25, -0.2) is 0 Å². The summed E-state index contributed by atoms with van der Waals surface area (Å²) in [4.78, 5) is 11.2. The first-order valence-electron chi connectivity index (χ1n) is 3.68. The van der Waals surface area contributed by atoms with E-state index in [1.165, 1.54) is 10.8 Å². The molecule has 0 spiro atoms. The van der Waals surface area contributed by atoms with Crippen molar-refractivity contribution in [3.05, 3.63) is 34.2 Å². The van der Waals surface area contributed by atoms with Crippen LogP contribution in [0.4, 0.5) is 0 Å². The first-order valence-corrected chi connectivity index (χ1v) is 4.56. The summed E-state index contributed by atoms with van der Waals surface area (Å²) in [6.45, 7) is 4.03. The fourth-order valence-corrected chi connectivity index (χ4v) is 1.41. The Morgan fingerprint density at radius 1 is 1.50 bits per heavy atom. The molecule has 1 aromatic heterocycles. The van der Waals surface area contributed by atoms with Gasteiger partial charge < -0.3 is 3.17 Å². The van der Waals surface area contributed by atoms with Crippen LogP contribution in [0, 0.1) is 0 Å². The van der Waals surface area contributed by atoms with Gasteiger partial charge in [0.1, 0.15) is 0 Å². The molecular formula is C8H10INO2. The lowest BCUT2D eigenvalue weighted by Gasteiger charge is -2.10. The number of nitrogens with zero attached hydrogens (tertiary/aromatic N) is 1. The van der Waals surface area contributed by atoms with Crippen LogP contribution in [0.25, 0.3) is 0 Å². The summed E-state index contributed by atoms with van der Waals surface area (Å²) in [6.07, 6.45) is 0. The highest BCUT2D eigenvalue weighted by atomic mass is 127. The third kappa shape index (κ3) is 1.80. The Morgan fingerprint density at radius 3 is 2.58 bits per heavy atom. The molecule has 0 atom stereocenters. The van der Waals surface area contributed by atoms with E-state index in [1.54, 1.807) is 29.1 Å². The van der Waals surface area contributed by atoms with Crippen LogP contribution in [0.15, 0.2) is 23.0 Å². The first-order chi connectivity index (χ1) is 5.66. The standard InChI is InChI=1S/C8H10INO2/c1-6(2)7-4-3-5-8(11)10(7)12-9/h3-6H,1-2H3. The number of hydrogen-bond acceptors (Lipinski definition) is 2. The van der Waals surface area contributed by atoms with Crippen molar-refractivity contribution in [3.63, 3.8) is 0 Å². The number of aromatic nitrogens is 1. The molecule has 0 unspecified atom stereocenters. The molecule has 3 nitrogen and oxygen atoms in total. The predicted molar refractivity (Wildman–Crippen MR) is 55.4 cm³/mol. The Labute approximate surface area is 85.0 Å². The Hall–Kier alpha value is -0.520. The minimum Gasteiger partial charge on any atom is -0.342 e. The van der Waals surface area contributed by atoms with E-state index in [0.29, 0.717) is 0 Å². The molecule has 1 rings (SSSR count). The van der Waals surface area contributed by atoms with Crippen LogP contribution in [-0.2, 0) is 0 Å². The van der Waals surface area contributed by atoms with Crippen LogP contribution in [0.5, 0.6) is 0 Å². The third-order valence-corrected chi connectivity index (χ3v) is 1.99. The second-order valence-corrected chi connectivity index (χ2v) is 3.20. The second-order valence-electron chi connectivity index (χ2n) is 2.81. The minimum absolute atomic E-state index is 0.129. The molecule has 1 heterocycles. The lowest BCUT2D eigenvalue weighted by molar-refractivity contribution is 0.331. The topological polar surface area (TPSA) is 31.2 Å². The van der Waals surface area contributed by atoms with E-state index >= 15 is 0 Å². The zero-order valence-corrected chi connectivity index (χ0v) is 9.11. The van der Waals surface area contributed by atoms with E-state index in [-0.39, 0.29) is 11.5 Å². The van der Waals surface area contributed by atoms with Gasteiger partial charge in [0.2, 0.25) is 23.0 Å². The summed E-state index contributed by atoms with van der Waals surface area (Å²) >= 11 is 1.70. The van der Waals surface area contributed by atoms with E-state index in [2.05, 4.69) is 0 Å². The molecular weight excluding hydrogens is 269 g/mol. The van der Waals surface area contributed by atoms with Gasteiger partial charge in [-0.05, 0) is 12.0 Å². The van der Waals surface area contributed by atoms with E-state index in [9.17, 15) is 4.79 Å². The van der Waals surface area contributed by atoms with E-state index < -0.39 is 0 Å². The van der Waals surface area contributed by atoms with Crippen molar-refractivity contribution in [2.24, 2.45) is 0 Å². The molecule has 0 aromatic carbocycles. The van der Waals surface area contributed by atoms with Crippen molar-refractivity contribution in [1.82, 2.24) is 4.73 Å². The smallest absolute Gasteiger partial charge is 0.284 e. The molecule has 66 valence electrons. The monoisotopic (exact) mass is 279 g/mol. The highest BCUT2D eigenvalue weighted by Gasteiger charge is 2.06. The third-order valence-electron chi connectivity index (χ3n) is 1.60. The first kappa shape index (κ1) is 9.57. The van der Waals surface area contributed by atoms with Crippen molar-refractivity contribution in [2.45, 2.75) is 19.8 Å². The van der Waals surface area contributed by atoms with Gasteiger partial charge in [0.05, 0.1) is 5.69 Å². The van der Waals surface area contributed by atoms with Gasteiger partial charge in [0.15, 0.2) is 0 Å². The molecule has 0 aliphatic heterocycles. The van der Waals surface area contributed by atoms with Gasteiger partial charge in [-0.2, -0.15) is 0 Å². The quantitative estimate of drug-likeness (QED) is 0.772. The molecule has 0 saturated heterocycles. The van der Waals surface area contributed by atoms with Gasteiger partial charge in [-0.1, -0.05) is 19.9 Å². The van der Waals surface area contributed by atoms with Gasteiger partial charge in [-0.15, -0.1) is 4.73 Å². The van der Waals surface area contributed by atoms with E-state index in [4.69, 9.17) is 3.17 Å². The maximum absolute atomic E-state index is 11.2. The zero-order valence-electron chi connectivity index (χ0n) is 6.95. The molecule has 0 bridgehead atoms. The van der Waals surface area contributed by atoms with Crippen LogP contribution in [0.1, 0.15) is 25.5 Å². The summed E-state index contributed by atoms with van der Waals surface area (Å²) < 4.78 is 6.21. The molecule has 0 aliphatic rings. The van der Waals surface area contributed by atoms with E-state index in [0.717, 1.165) is 5.69 Å². The van der Waals surface area contributed by atoms with Crippen molar-refractivity contribution < 1.29 is 3.17 Å². The Balaban J connectivity index is 3.28. The number of rotatable bonds is 2. The van der Waals surface area contributed by atoms with Crippen LogP contribution in [-0.4, -0.2) is 4.73 Å². The summed E-state index contributed by atoms with van der Waals surface area (Å²) in [6, 6.07) is 5.10. The average Bonchev–Trinajstić information content (AvgIpc) is 2.03. The molecule has 0 N–H and O–H groups in total. The van der Waals surface area contributed by atoms with Crippen molar-refractivity contribution >= 4 is 23.0 Å². The molecule has 4 heteroatoms. The highest BCUT2D eigenvalue weighted by Crippen LogP contribution is 2.10. The normalized spacial score (nSPS) is 10.3. The molecule has 0 amide bonds. The molecule has 0 radical (unpaired) electrons. The lowest BCUT2D eigenvalue weighted by Crippen LogP contribution is -2.24. The molecule has 0 saturated carbocycles. The van der Waals surface area contributed by atoms with Crippen LogP contribution in [0.3, 0.4) is 0 Å². The maximum atomic E-state index is 11.2. The lowest BCUT2D eigenvalue weighted by atomic mass is 10.1. The molecule has 12 heavy (non-hydrogen) atoms. The Morgan fingerprint density at radius 2 is 2.17 bits per heavy atom. The van der Waals surface area contributed by atoms with Gasteiger partial charge >= 0.3 is 0 Å². The summed E-state index contributed by atoms with van der Waals surface area (Å²) in [5.41, 5.74) is 0.757. The number of halogens is 1. The summed E-state index contributed by atoms with van der Waals surface area (Å²) in [5, 5.41) is 0. The Bertz CT molecular complexity index is 319. The number of pyridine rings is 1. The molecule has 1 aromatic rings.